The molecule has 0 aliphatic heterocycles. The first-order chi connectivity index (χ1) is 12.5. The quantitative estimate of drug-likeness (QED) is 0.688. The third kappa shape index (κ3) is 4.20. The smallest absolute Gasteiger partial charge is 0.138 e. The fourth-order valence-corrected chi connectivity index (χ4v) is 3.92. The molecule has 0 saturated heterocycles. The lowest BCUT2D eigenvalue weighted by atomic mass is 9.75. The fourth-order valence-electron chi connectivity index (χ4n) is 3.92. The van der Waals surface area contributed by atoms with Gasteiger partial charge in [0.2, 0.25) is 0 Å². The van der Waals surface area contributed by atoms with Crippen LogP contribution in [0, 0.1) is 11.8 Å². The maximum atomic E-state index is 12.2. The van der Waals surface area contributed by atoms with Crippen molar-refractivity contribution < 1.29 is 4.79 Å². The molecule has 1 heterocycles. The maximum absolute atomic E-state index is 12.2. The van der Waals surface area contributed by atoms with Crippen molar-refractivity contribution in [1.29, 1.82) is 0 Å². The van der Waals surface area contributed by atoms with Crippen LogP contribution in [0.15, 0.2) is 36.7 Å². The minimum absolute atomic E-state index is 0.167. The van der Waals surface area contributed by atoms with Gasteiger partial charge in [0.15, 0.2) is 0 Å². The minimum Gasteiger partial charge on any atom is -0.299 e. The Balaban J connectivity index is 1.64. The van der Waals surface area contributed by atoms with Crippen LogP contribution in [0.5, 0.6) is 0 Å². The van der Waals surface area contributed by atoms with E-state index in [0.29, 0.717) is 17.6 Å². The van der Waals surface area contributed by atoms with Crippen molar-refractivity contribution in [3.05, 3.63) is 48.0 Å². The number of Topliss-reactive ketones (excluding diaryl/α,β-unsaturated/α-hetero) is 1. The summed E-state index contributed by atoms with van der Waals surface area (Å²) in [5.74, 6) is 2.72. The summed E-state index contributed by atoms with van der Waals surface area (Å²) in [6.45, 7) is 8.25. The van der Waals surface area contributed by atoms with E-state index in [0.717, 1.165) is 42.6 Å². The summed E-state index contributed by atoms with van der Waals surface area (Å²) < 4.78 is 0. The lowest BCUT2D eigenvalue weighted by Crippen LogP contribution is -2.24. The SMILES string of the molecule is CC(C)C(=O)C1CCC(c2ccc(-c3cnc(C(C)C)nc3)cc2)CC1. The molecule has 0 amide bonds. The highest BCUT2D eigenvalue weighted by molar-refractivity contribution is 5.82. The van der Waals surface area contributed by atoms with Gasteiger partial charge in [0, 0.05) is 35.7 Å². The van der Waals surface area contributed by atoms with Gasteiger partial charge in [-0.05, 0) is 42.7 Å². The van der Waals surface area contributed by atoms with E-state index < -0.39 is 0 Å². The molecule has 138 valence electrons. The molecule has 1 aliphatic rings. The molecular formula is C23H30N2O. The molecule has 1 saturated carbocycles. The average Bonchev–Trinajstić information content (AvgIpc) is 2.67. The van der Waals surface area contributed by atoms with Crippen molar-refractivity contribution in [3.8, 4) is 11.1 Å². The average molecular weight is 351 g/mol. The van der Waals surface area contributed by atoms with Crippen LogP contribution >= 0.6 is 0 Å². The predicted octanol–water partition coefficient (Wildman–Crippen LogP) is 5.77. The van der Waals surface area contributed by atoms with Gasteiger partial charge in [-0.3, -0.25) is 4.79 Å². The Kier molecular flexibility index (Phi) is 5.85. The van der Waals surface area contributed by atoms with Gasteiger partial charge in [-0.25, -0.2) is 9.97 Å². The number of nitrogens with zero attached hydrogens (tertiary/aromatic N) is 2. The topological polar surface area (TPSA) is 42.9 Å². The Morgan fingerprint density at radius 2 is 1.46 bits per heavy atom. The number of rotatable bonds is 5. The number of ketones is 1. The summed E-state index contributed by atoms with van der Waals surface area (Å²) in [6, 6.07) is 8.82. The molecule has 3 heteroatoms. The van der Waals surface area contributed by atoms with Crippen LogP contribution in [0.4, 0.5) is 0 Å². The summed E-state index contributed by atoms with van der Waals surface area (Å²) in [4.78, 5) is 21.1. The van der Waals surface area contributed by atoms with Gasteiger partial charge in [0.1, 0.15) is 11.6 Å². The van der Waals surface area contributed by atoms with E-state index in [1.807, 2.05) is 26.2 Å². The first-order valence-electron chi connectivity index (χ1n) is 9.91. The minimum atomic E-state index is 0.167. The van der Waals surface area contributed by atoms with Crippen LogP contribution in [0.1, 0.15) is 76.6 Å². The summed E-state index contributed by atoms with van der Waals surface area (Å²) in [6.07, 6.45) is 8.14. The second kappa shape index (κ2) is 8.11. The second-order valence-electron chi connectivity index (χ2n) is 8.21. The number of carbonyl (C=O) groups excluding carboxylic acids is 1. The molecule has 0 N–H and O–H groups in total. The zero-order valence-electron chi connectivity index (χ0n) is 16.4. The van der Waals surface area contributed by atoms with E-state index in [1.54, 1.807) is 0 Å². The predicted molar refractivity (Wildman–Crippen MR) is 106 cm³/mol. The zero-order chi connectivity index (χ0) is 18.7. The maximum Gasteiger partial charge on any atom is 0.138 e. The Morgan fingerprint density at radius 3 is 1.96 bits per heavy atom. The molecule has 3 rings (SSSR count). The molecule has 1 aliphatic carbocycles. The van der Waals surface area contributed by atoms with Crippen LogP contribution < -0.4 is 0 Å². The summed E-state index contributed by atoms with van der Waals surface area (Å²) in [5, 5.41) is 0. The Morgan fingerprint density at radius 1 is 0.885 bits per heavy atom. The third-order valence-electron chi connectivity index (χ3n) is 5.60. The van der Waals surface area contributed by atoms with Crippen molar-refractivity contribution in [2.24, 2.45) is 11.8 Å². The lowest BCUT2D eigenvalue weighted by molar-refractivity contribution is -0.126. The van der Waals surface area contributed by atoms with E-state index in [4.69, 9.17) is 0 Å². The molecule has 26 heavy (non-hydrogen) atoms. The fraction of sp³-hybridized carbons (Fsp3) is 0.522. The van der Waals surface area contributed by atoms with E-state index in [2.05, 4.69) is 48.1 Å². The van der Waals surface area contributed by atoms with Gasteiger partial charge < -0.3 is 0 Å². The zero-order valence-corrected chi connectivity index (χ0v) is 16.4. The molecule has 1 aromatic carbocycles. The number of hydrogen-bond acceptors (Lipinski definition) is 3. The third-order valence-corrected chi connectivity index (χ3v) is 5.60. The van der Waals surface area contributed by atoms with Gasteiger partial charge in [0.05, 0.1) is 0 Å². The molecule has 0 atom stereocenters. The normalized spacial score (nSPS) is 20.5. The number of hydrogen-bond donors (Lipinski definition) is 0. The molecule has 0 radical (unpaired) electrons. The van der Waals surface area contributed by atoms with E-state index >= 15 is 0 Å². The van der Waals surface area contributed by atoms with E-state index in [9.17, 15) is 4.79 Å². The highest BCUT2D eigenvalue weighted by Crippen LogP contribution is 2.37. The van der Waals surface area contributed by atoms with Crippen molar-refractivity contribution in [2.75, 3.05) is 0 Å². The van der Waals surface area contributed by atoms with Crippen molar-refractivity contribution in [1.82, 2.24) is 9.97 Å². The first-order valence-corrected chi connectivity index (χ1v) is 9.91. The van der Waals surface area contributed by atoms with Crippen molar-refractivity contribution in [2.45, 2.75) is 65.2 Å². The highest BCUT2D eigenvalue weighted by Gasteiger charge is 2.28. The van der Waals surface area contributed by atoms with Gasteiger partial charge in [-0.2, -0.15) is 0 Å². The van der Waals surface area contributed by atoms with Gasteiger partial charge >= 0.3 is 0 Å². The van der Waals surface area contributed by atoms with Gasteiger partial charge in [-0.15, -0.1) is 0 Å². The Hall–Kier alpha value is -2.03. The largest absolute Gasteiger partial charge is 0.299 e. The van der Waals surface area contributed by atoms with Gasteiger partial charge in [-0.1, -0.05) is 52.0 Å². The van der Waals surface area contributed by atoms with Crippen LogP contribution in [-0.2, 0) is 4.79 Å². The summed E-state index contributed by atoms with van der Waals surface area (Å²) in [5.41, 5.74) is 3.61. The van der Waals surface area contributed by atoms with Crippen LogP contribution in [-0.4, -0.2) is 15.8 Å². The molecule has 2 aromatic rings. The second-order valence-corrected chi connectivity index (χ2v) is 8.21. The van der Waals surface area contributed by atoms with Gasteiger partial charge in [0.25, 0.3) is 0 Å². The molecule has 0 spiro atoms. The van der Waals surface area contributed by atoms with E-state index in [1.165, 1.54) is 5.56 Å². The Bertz CT molecular complexity index is 724. The number of benzene rings is 1. The first kappa shape index (κ1) is 18.8. The summed E-state index contributed by atoms with van der Waals surface area (Å²) in [7, 11) is 0. The lowest BCUT2D eigenvalue weighted by Gasteiger charge is -2.29. The van der Waals surface area contributed by atoms with Crippen LogP contribution in [0.25, 0.3) is 11.1 Å². The molecule has 0 unspecified atom stereocenters. The molecule has 1 aromatic heterocycles. The molecule has 3 nitrogen and oxygen atoms in total. The molecular weight excluding hydrogens is 320 g/mol. The van der Waals surface area contributed by atoms with Crippen LogP contribution in [0.2, 0.25) is 0 Å². The highest BCUT2D eigenvalue weighted by atomic mass is 16.1. The van der Waals surface area contributed by atoms with Crippen molar-refractivity contribution >= 4 is 5.78 Å². The van der Waals surface area contributed by atoms with Crippen LogP contribution in [0.3, 0.4) is 0 Å². The number of carbonyl (C=O) groups is 1. The Labute approximate surface area is 157 Å². The molecule has 1 fully saturated rings. The van der Waals surface area contributed by atoms with Crippen molar-refractivity contribution in [3.63, 3.8) is 0 Å². The standard InChI is InChI=1S/C23H30N2O/c1-15(2)22(26)20-11-9-18(10-12-20)17-5-7-19(8-6-17)21-13-24-23(16(3)4)25-14-21/h5-8,13-16,18,20H,9-12H2,1-4H3. The monoisotopic (exact) mass is 350 g/mol. The number of aromatic nitrogens is 2. The molecule has 0 bridgehead atoms. The van der Waals surface area contributed by atoms with E-state index in [-0.39, 0.29) is 11.8 Å². The summed E-state index contributed by atoms with van der Waals surface area (Å²) >= 11 is 0.